The van der Waals surface area contributed by atoms with Crippen molar-refractivity contribution in [1.82, 2.24) is 5.32 Å². The van der Waals surface area contributed by atoms with E-state index in [0.717, 1.165) is 18.1 Å². The minimum Gasteiger partial charge on any atom is -0.308 e. The third-order valence-corrected chi connectivity index (χ3v) is 4.52. The zero-order valence-electron chi connectivity index (χ0n) is 10.2. The Morgan fingerprint density at radius 2 is 1.88 bits per heavy atom. The van der Waals surface area contributed by atoms with E-state index in [9.17, 15) is 4.21 Å². The first-order valence-electron chi connectivity index (χ1n) is 5.74. The molecule has 0 amide bonds. The fourth-order valence-electron chi connectivity index (χ4n) is 2.60. The predicted molar refractivity (Wildman–Crippen MR) is 69.3 cm³/mol. The maximum atomic E-state index is 11.6. The fraction of sp³-hybridized carbons (Fsp3) is 0.538. The molecule has 0 saturated carbocycles. The molecule has 0 bridgehead atoms. The normalized spacial score (nSPS) is 25.7. The standard InChI is InChI=1S/C13H19NOS/c1-9-6-10(2)13(11(3)7-9)12-8-16(15)5-4-14-12/h6-7,12,14H,4-5,8H2,1-3H3. The number of benzene rings is 1. The first-order chi connectivity index (χ1) is 7.58. The summed E-state index contributed by atoms with van der Waals surface area (Å²) in [5, 5.41) is 3.47. The zero-order chi connectivity index (χ0) is 11.7. The molecule has 0 spiro atoms. The second kappa shape index (κ2) is 4.68. The van der Waals surface area contributed by atoms with Crippen molar-refractivity contribution in [2.45, 2.75) is 26.8 Å². The highest BCUT2D eigenvalue weighted by Crippen LogP contribution is 2.25. The summed E-state index contributed by atoms with van der Waals surface area (Å²) in [6.45, 7) is 7.28. The van der Waals surface area contributed by atoms with Gasteiger partial charge in [0.05, 0.1) is 0 Å². The number of nitrogens with one attached hydrogen (secondary N) is 1. The molecule has 0 radical (unpaired) electrons. The van der Waals surface area contributed by atoms with E-state index in [2.05, 4.69) is 38.2 Å². The third-order valence-electron chi connectivity index (χ3n) is 3.16. The summed E-state index contributed by atoms with van der Waals surface area (Å²) in [6.07, 6.45) is 0. The number of hydrogen-bond donors (Lipinski definition) is 1. The van der Waals surface area contributed by atoms with Gasteiger partial charge in [-0.2, -0.15) is 0 Å². The van der Waals surface area contributed by atoms with Gasteiger partial charge in [0, 0.05) is 34.9 Å². The maximum absolute atomic E-state index is 11.6. The molecule has 88 valence electrons. The zero-order valence-corrected chi connectivity index (χ0v) is 11.0. The second-order valence-electron chi connectivity index (χ2n) is 4.63. The van der Waals surface area contributed by atoms with Crippen molar-refractivity contribution in [1.29, 1.82) is 0 Å². The van der Waals surface area contributed by atoms with Crippen molar-refractivity contribution in [3.8, 4) is 0 Å². The van der Waals surface area contributed by atoms with E-state index in [0.29, 0.717) is 0 Å². The van der Waals surface area contributed by atoms with Gasteiger partial charge in [-0.25, -0.2) is 0 Å². The van der Waals surface area contributed by atoms with Gasteiger partial charge >= 0.3 is 0 Å². The van der Waals surface area contributed by atoms with Crippen LogP contribution in [0.2, 0.25) is 0 Å². The lowest BCUT2D eigenvalue weighted by atomic mass is 9.95. The van der Waals surface area contributed by atoms with Crippen molar-refractivity contribution in [2.75, 3.05) is 18.1 Å². The molecule has 1 saturated heterocycles. The van der Waals surface area contributed by atoms with Crippen LogP contribution in [0.5, 0.6) is 0 Å². The predicted octanol–water partition coefficient (Wildman–Crippen LogP) is 2.00. The summed E-state index contributed by atoms with van der Waals surface area (Å²) < 4.78 is 11.6. The van der Waals surface area contributed by atoms with Gasteiger partial charge in [0.15, 0.2) is 0 Å². The molecular formula is C13H19NOS. The van der Waals surface area contributed by atoms with Crippen LogP contribution in [0.4, 0.5) is 0 Å². The van der Waals surface area contributed by atoms with Crippen LogP contribution in [0, 0.1) is 20.8 Å². The summed E-state index contributed by atoms with van der Waals surface area (Å²) in [4.78, 5) is 0. The van der Waals surface area contributed by atoms with Gasteiger partial charge in [0.2, 0.25) is 0 Å². The van der Waals surface area contributed by atoms with Crippen LogP contribution in [0.1, 0.15) is 28.3 Å². The Morgan fingerprint density at radius 1 is 1.25 bits per heavy atom. The molecule has 0 aromatic heterocycles. The van der Waals surface area contributed by atoms with E-state index >= 15 is 0 Å². The van der Waals surface area contributed by atoms with E-state index < -0.39 is 10.8 Å². The van der Waals surface area contributed by atoms with E-state index in [1.807, 2.05) is 0 Å². The van der Waals surface area contributed by atoms with Crippen LogP contribution in [-0.2, 0) is 10.8 Å². The van der Waals surface area contributed by atoms with Crippen molar-refractivity contribution >= 4 is 10.8 Å². The molecule has 2 atom stereocenters. The summed E-state index contributed by atoms with van der Waals surface area (Å²) in [7, 11) is -0.655. The molecule has 16 heavy (non-hydrogen) atoms. The quantitative estimate of drug-likeness (QED) is 0.809. The molecular weight excluding hydrogens is 218 g/mol. The minimum absolute atomic E-state index is 0.273. The second-order valence-corrected chi connectivity index (χ2v) is 6.25. The molecule has 1 heterocycles. The van der Waals surface area contributed by atoms with E-state index in [4.69, 9.17) is 0 Å². The molecule has 0 aliphatic carbocycles. The Bertz CT molecular complexity index is 405. The lowest BCUT2D eigenvalue weighted by Gasteiger charge is -2.26. The molecule has 1 N–H and O–H groups in total. The van der Waals surface area contributed by atoms with Gasteiger partial charge in [-0.3, -0.25) is 4.21 Å². The van der Waals surface area contributed by atoms with Crippen LogP contribution in [0.15, 0.2) is 12.1 Å². The van der Waals surface area contributed by atoms with Crippen LogP contribution in [0.3, 0.4) is 0 Å². The van der Waals surface area contributed by atoms with E-state index in [-0.39, 0.29) is 6.04 Å². The Kier molecular flexibility index (Phi) is 3.45. The van der Waals surface area contributed by atoms with Crippen LogP contribution >= 0.6 is 0 Å². The van der Waals surface area contributed by atoms with Gasteiger partial charge in [0.25, 0.3) is 0 Å². The third kappa shape index (κ3) is 2.36. The molecule has 1 aromatic carbocycles. The van der Waals surface area contributed by atoms with Crippen LogP contribution in [0.25, 0.3) is 0 Å². The lowest BCUT2D eigenvalue weighted by Crippen LogP contribution is -2.37. The number of hydrogen-bond acceptors (Lipinski definition) is 2. The van der Waals surface area contributed by atoms with E-state index in [1.54, 1.807) is 0 Å². The average Bonchev–Trinajstić information content (AvgIpc) is 2.15. The first kappa shape index (κ1) is 11.8. The number of aryl methyl sites for hydroxylation is 3. The summed E-state index contributed by atoms with van der Waals surface area (Å²) in [6, 6.07) is 4.69. The monoisotopic (exact) mass is 237 g/mol. The summed E-state index contributed by atoms with van der Waals surface area (Å²) >= 11 is 0. The molecule has 2 unspecified atom stereocenters. The lowest BCUT2D eigenvalue weighted by molar-refractivity contribution is 0.568. The van der Waals surface area contributed by atoms with Crippen LogP contribution < -0.4 is 5.32 Å². The summed E-state index contributed by atoms with van der Waals surface area (Å²) in [5.74, 6) is 1.55. The SMILES string of the molecule is Cc1cc(C)c(C2CS(=O)CCN2)c(C)c1. The minimum atomic E-state index is -0.655. The van der Waals surface area contributed by atoms with Gasteiger partial charge in [-0.15, -0.1) is 0 Å². The fourth-order valence-corrected chi connectivity index (χ4v) is 3.77. The molecule has 1 aliphatic rings. The first-order valence-corrected chi connectivity index (χ1v) is 7.23. The average molecular weight is 237 g/mol. The van der Waals surface area contributed by atoms with Crippen molar-refractivity contribution in [2.24, 2.45) is 0 Å². The van der Waals surface area contributed by atoms with Gasteiger partial charge in [-0.1, -0.05) is 17.7 Å². The Hall–Kier alpha value is -0.670. The number of rotatable bonds is 1. The Balaban J connectivity index is 2.35. The highest BCUT2D eigenvalue weighted by atomic mass is 32.2. The van der Waals surface area contributed by atoms with Crippen LogP contribution in [-0.4, -0.2) is 22.3 Å². The van der Waals surface area contributed by atoms with E-state index in [1.165, 1.54) is 22.3 Å². The molecule has 1 fully saturated rings. The smallest absolute Gasteiger partial charge is 0.0442 e. The highest BCUT2D eigenvalue weighted by molar-refractivity contribution is 7.85. The highest BCUT2D eigenvalue weighted by Gasteiger charge is 2.22. The Morgan fingerprint density at radius 3 is 2.44 bits per heavy atom. The largest absolute Gasteiger partial charge is 0.308 e. The van der Waals surface area contributed by atoms with Crippen molar-refractivity contribution in [3.05, 3.63) is 34.4 Å². The van der Waals surface area contributed by atoms with Gasteiger partial charge in [-0.05, 0) is 37.5 Å². The topological polar surface area (TPSA) is 29.1 Å². The summed E-state index contributed by atoms with van der Waals surface area (Å²) in [5.41, 5.74) is 5.28. The molecule has 1 aliphatic heterocycles. The van der Waals surface area contributed by atoms with Crippen molar-refractivity contribution in [3.63, 3.8) is 0 Å². The molecule has 2 nitrogen and oxygen atoms in total. The van der Waals surface area contributed by atoms with Gasteiger partial charge < -0.3 is 5.32 Å². The van der Waals surface area contributed by atoms with Gasteiger partial charge in [0.1, 0.15) is 0 Å². The molecule has 1 aromatic rings. The maximum Gasteiger partial charge on any atom is 0.0442 e. The van der Waals surface area contributed by atoms with Crippen molar-refractivity contribution < 1.29 is 4.21 Å². The Labute approximate surface area is 99.9 Å². The molecule has 2 rings (SSSR count). The molecule has 3 heteroatoms.